The van der Waals surface area contributed by atoms with Gasteiger partial charge in [0.25, 0.3) is 0 Å². The molecule has 100 valence electrons. The van der Waals surface area contributed by atoms with Gasteiger partial charge in [-0.15, -0.1) is 0 Å². The molecule has 2 nitrogen and oxygen atoms in total. The Bertz CT molecular complexity index is 354. The third-order valence-electron chi connectivity index (χ3n) is 3.80. The van der Waals surface area contributed by atoms with Crippen LogP contribution < -0.4 is 5.73 Å². The maximum absolute atomic E-state index is 6.34. The first-order valence-corrected chi connectivity index (χ1v) is 7.27. The van der Waals surface area contributed by atoms with E-state index in [0.717, 1.165) is 12.6 Å². The normalized spacial score (nSPS) is 17.1. The first-order valence-electron chi connectivity index (χ1n) is 7.27. The van der Waals surface area contributed by atoms with Gasteiger partial charge in [0.1, 0.15) is 0 Å². The zero-order valence-electron chi connectivity index (χ0n) is 11.7. The van der Waals surface area contributed by atoms with Gasteiger partial charge in [0.15, 0.2) is 0 Å². The molecule has 1 aromatic carbocycles. The minimum Gasteiger partial charge on any atom is -0.323 e. The molecule has 18 heavy (non-hydrogen) atoms. The van der Waals surface area contributed by atoms with Crippen molar-refractivity contribution in [1.29, 1.82) is 0 Å². The number of rotatable bonds is 7. The molecule has 0 aliphatic heterocycles. The van der Waals surface area contributed by atoms with E-state index in [-0.39, 0.29) is 6.04 Å². The number of unbranched alkanes of at least 4 members (excludes halogenated alkanes) is 1. The second kappa shape index (κ2) is 6.35. The third kappa shape index (κ3) is 3.82. The van der Waals surface area contributed by atoms with E-state index in [1.54, 1.807) is 0 Å². The van der Waals surface area contributed by atoms with Crippen LogP contribution in [0.4, 0.5) is 0 Å². The van der Waals surface area contributed by atoms with Gasteiger partial charge in [-0.25, -0.2) is 0 Å². The van der Waals surface area contributed by atoms with Crippen LogP contribution in [0.15, 0.2) is 24.3 Å². The average molecular weight is 246 g/mol. The van der Waals surface area contributed by atoms with Crippen LogP contribution in [-0.2, 0) is 0 Å². The van der Waals surface area contributed by atoms with Crippen molar-refractivity contribution in [3.8, 4) is 0 Å². The highest BCUT2D eigenvalue weighted by Gasteiger charge is 2.29. The highest BCUT2D eigenvalue weighted by Crippen LogP contribution is 2.28. The van der Waals surface area contributed by atoms with E-state index in [4.69, 9.17) is 5.73 Å². The second-order valence-electron chi connectivity index (χ2n) is 5.60. The summed E-state index contributed by atoms with van der Waals surface area (Å²) in [7, 11) is 0. The molecule has 1 atom stereocenters. The molecule has 0 amide bonds. The van der Waals surface area contributed by atoms with E-state index < -0.39 is 0 Å². The minimum atomic E-state index is 0.156. The first kappa shape index (κ1) is 13.6. The lowest BCUT2D eigenvalue weighted by atomic mass is 10.1. The summed E-state index contributed by atoms with van der Waals surface area (Å²) in [6.45, 7) is 6.59. The number of nitrogens with zero attached hydrogens (tertiary/aromatic N) is 1. The Balaban J connectivity index is 1.91. The van der Waals surface area contributed by atoms with Gasteiger partial charge in [-0.2, -0.15) is 0 Å². The summed E-state index contributed by atoms with van der Waals surface area (Å²) in [6, 6.07) is 9.62. The van der Waals surface area contributed by atoms with Crippen LogP contribution in [0.3, 0.4) is 0 Å². The summed E-state index contributed by atoms with van der Waals surface area (Å²) >= 11 is 0. The topological polar surface area (TPSA) is 29.3 Å². The quantitative estimate of drug-likeness (QED) is 0.800. The Hall–Kier alpha value is -0.860. The molecule has 2 rings (SSSR count). The molecule has 1 fully saturated rings. The van der Waals surface area contributed by atoms with Crippen molar-refractivity contribution in [2.24, 2.45) is 5.73 Å². The van der Waals surface area contributed by atoms with E-state index in [0.29, 0.717) is 0 Å². The van der Waals surface area contributed by atoms with Crippen molar-refractivity contribution in [1.82, 2.24) is 4.90 Å². The van der Waals surface area contributed by atoms with Crippen molar-refractivity contribution in [3.05, 3.63) is 35.4 Å². The Morgan fingerprint density at radius 3 is 2.50 bits per heavy atom. The van der Waals surface area contributed by atoms with Gasteiger partial charge in [-0.05, 0) is 38.3 Å². The lowest BCUT2D eigenvalue weighted by molar-refractivity contribution is 0.244. The smallest absolute Gasteiger partial charge is 0.0424 e. The predicted molar refractivity (Wildman–Crippen MR) is 77.6 cm³/mol. The van der Waals surface area contributed by atoms with E-state index in [1.807, 2.05) is 0 Å². The van der Waals surface area contributed by atoms with Crippen LogP contribution in [0.2, 0.25) is 0 Å². The molecule has 1 aliphatic carbocycles. The van der Waals surface area contributed by atoms with Gasteiger partial charge in [0.05, 0.1) is 0 Å². The van der Waals surface area contributed by atoms with Crippen molar-refractivity contribution in [2.45, 2.75) is 51.6 Å². The zero-order valence-corrected chi connectivity index (χ0v) is 11.7. The highest BCUT2D eigenvalue weighted by atomic mass is 15.2. The fourth-order valence-corrected chi connectivity index (χ4v) is 2.40. The van der Waals surface area contributed by atoms with Gasteiger partial charge in [0, 0.05) is 18.6 Å². The van der Waals surface area contributed by atoms with Crippen LogP contribution >= 0.6 is 0 Å². The van der Waals surface area contributed by atoms with Crippen LogP contribution in [0.1, 0.15) is 49.8 Å². The Morgan fingerprint density at radius 2 is 1.94 bits per heavy atom. The molecule has 2 N–H and O–H groups in total. The molecule has 1 aromatic rings. The van der Waals surface area contributed by atoms with Gasteiger partial charge in [-0.1, -0.05) is 43.2 Å². The molecule has 2 heteroatoms. The number of hydrogen-bond donors (Lipinski definition) is 1. The molecular formula is C16H26N2. The number of hydrogen-bond acceptors (Lipinski definition) is 2. The molecule has 1 unspecified atom stereocenters. The minimum absolute atomic E-state index is 0.156. The molecule has 0 bridgehead atoms. The van der Waals surface area contributed by atoms with Crippen LogP contribution in [-0.4, -0.2) is 24.0 Å². The summed E-state index contributed by atoms with van der Waals surface area (Å²) in [5, 5.41) is 0. The van der Waals surface area contributed by atoms with Gasteiger partial charge >= 0.3 is 0 Å². The van der Waals surface area contributed by atoms with Crippen molar-refractivity contribution in [2.75, 3.05) is 13.1 Å². The van der Waals surface area contributed by atoms with Gasteiger partial charge in [0.2, 0.25) is 0 Å². The average Bonchev–Trinajstić information content (AvgIpc) is 3.19. The van der Waals surface area contributed by atoms with Crippen LogP contribution in [0, 0.1) is 6.92 Å². The van der Waals surface area contributed by atoms with Crippen LogP contribution in [0.5, 0.6) is 0 Å². The van der Waals surface area contributed by atoms with Gasteiger partial charge in [-0.3, -0.25) is 4.90 Å². The monoisotopic (exact) mass is 246 g/mol. The molecular weight excluding hydrogens is 220 g/mol. The lowest BCUT2D eigenvalue weighted by Crippen LogP contribution is -2.34. The molecule has 0 heterocycles. The SMILES string of the molecule is CCCCN(CC(N)c1ccc(C)cc1)C1CC1. The number of benzene rings is 1. The second-order valence-corrected chi connectivity index (χ2v) is 5.60. The molecule has 0 aromatic heterocycles. The highest BCUT2D eigenvalue weighted by molar-refractivity contribution is 5.24. The Kier molecular flexibility index (Phi) is 4.79. The summed E-state index contributed by atoms with van der Waals surface area (Å²) in [4.78, 5) is 2.59. The lowest BCUT2D eigenvalue weighted by Gasteiger charge is -2.25. The third-order valence-corrected chi connectivity index (χ3v) is 3.80. The predicted octanol–water partition coefficient (Wildman–Crippen LogP) is 3.26. The molecule has 0 saturated heterocycles. The van der Waals surface area contributed by atoms with Gasteiger partial charge < -0.3 is 5.73 Å². The Labute approximate surface area is 111 Å². The van der Waals surface area contributed by atoms with E-state index >= 15 is 0 Å². The molecule has 0 radical (unpaired) electrons. The fraction of sp³-hybridized carbons (Fsp3) is 0.625. The maximum Gasteiger partial charge on any atom is 0.0424 e. The standard InChI is InChI=1S/C16H26N2/c1-3-4-11-18(15-9-10-15)12-16(17)14-7-5-13(2)6-8-14/h5-8,15-16H,3-4,9-12,17H2,1-2H3. The summed E-state index contributed by atoms with van der Waals surface area (Å²) in [5.41, 5.74) is 8.91. The zero-order chi connectivity index (χ0) is 13.0. The van der Waals surface area contributed by atoms with E-state index in [2.05, 4.69) is 43.0 Å². The number of aryl methyl sites for hydroxylation is 1. The van der Waals surface area contributed by atoms with Crippen molar-refractivity contribution >= 4 is 0 Å². The Morgan fingerprint density at radius 1 is 1.28 bits per heavy atom. The van der Waals surface area contributed by atoms with Crippen molar-refractivity contribution in [3.63, 3.8) is 0 Å². The van der Waals surface area contributed by atoms with Crippen molar-refractivity contribution < 1.29 is 0 Å². The maximum atomic E-state index is 6.34. The summed E-state index contributed by atoms with van der Waals surface area (Å²) < 4.78 is 0. The van der Waals surface area contributed by atoms with E-state index in [1.165, 1.54) is 43.4 Å². The van der Waals surface area contributed by atoms with Crippen LogP contribution in [0.25, 0.3) is 0 Å². The summed E-state index contributed by atoms with van der Waals surface area (Å²) in [5.74, 6) is 0. The summed E-state index contributed by atoms with van der Waals surface area (Å²) in [6.07, 6.45) is 5.29. The van der Waals surface area contributed by atoms with E-state index in [9.17, 15) is 0 Å². The molecule has 1 aliphatic rings. The first-order chi connectivity index (χ1) is 8.70. The number of nitrogens with two attached hydrogens (primary N) is 1. The molecule has 0 spiro atoms. The largest absolute Gasteiger partial charge is 0.323 e. The fourth-order valence-electron chi connectivity index (χ4n) is 2.40. The molecule has 1 saturated carbocycles.